The number of thiazole rings is 1. The number of nitrogens with zero attached hydrogens (tertiary/aromatic N) is 2. The second kappa shape index (κ2) is 6.14. The summed E-state index contributed by atoms with van der Waals surface area (Å²) in [6, 6.07) is 8.09. The summed E-state index contributed by atoms with van der Waals surface area (Å²) in [6.45, 7) is 2.47. The van der Waals surface area contributed by atoms with E-state index < -0.39 is 0 Å². The van der Waals surface area contributed by atoms with Crippen LogP contribution in [0.25, 0.3) is 10.4 Å². The zero-order valence-electron chi connectivity index (χ0n) is 13.5. The van der Waals surface area contributed by atoms with E-state index in [0.29, 0.717) is 29.2 Å². The van der Waals surface area contributed by atoms with E-state index in [1.54, 1.807) is 11.3 Å². The fourth-order valence-electron chi connectivity index (χ4n) is 4.23. The van der Waals surface area contributed by atoms with Crippen molar-refractivity contribution in [2.75, 3.05) is 6.54 Å². The fraction of sp³-hybridized carbons (Fsp3) is 0.444. The predicted octanol–water partition coefficient (Wildman–Crippen LogP) is 3.72. The van der Waals surface area contributed by atoms with Crippen LogP contribution in [-0.2, 0) is 0 Å². The summed E-state index contributed by atoms with van der Waals surface area (Å²) in [4.78, 5) is 20.7. The van der Waals surface area contributed by atoms with Crippen LogP contribution in [0.4, 0.5) is 0 Å². The molecule has 0 radical (unpaired) electrons. The van der Waals surface area contributed by atoms with Crippen LogP contribution in [0, 0.1) is 12.8 Å². The van der Waals surface area contributed by atoms with E-state index in [1.165, 1.54) is 6.42 Å². The van der Waals surface area contributed by atoms with Gasteiger partial charge in [-0.15, -0.1) is 11.3 Å². The van der Waals surface area contributed by atoms with Crippen LogP contribution < -0.4 is 5.73 Å². The van der Waals surface area contributed by atoms with Crippen LogP contribution in [0.3, 0.4) is 0 Å². The molecule has 2 bridgehead atoms. The maximum Gasteiger partial charge on any atom is 0.274 e. The first-order valence-electron chi connectivity index (χ1n) is 8.34. The van der Waals surface area contributed by atoms with Crippen molar-refractivity contribution >= 4 is 28.8 Å². The molecule has 0 spiro atoms. The molecular formula is C18H20ClN3OS. The molecule has 1 saturated carbocycles. The molecular weight excluding hydrogens is 342 g/mol. The summed E-state index contributed by atoms with van der Waals surface area (Å²) in [5.74, 6) is 0.579. The van der Waals surface area contributed by atoms with E-state index >= 15 is 0 Å². The van der Waals surface area contributed by atoms with Gasteiger partial charge in [0, 0.05) is 23.7 Å². The molecule has 1 aliphatic carbocycles. The number of aryl methyl sites for hydroxylation is 1. The van der Waals surface area contributed by atoms with Gasteiger partial charge in [-0.1, -0.05) is 23.7 Å². The maximum absolute atomic E-state index is 13.3. The zero-order chi connectivity index (χ0) is 16.8. The highest BCUT2D eigenvalue weighted by molar-refractivity contribution is 7.15. The number of amides is 1. The van der Waals surface area contributed by atoms with E-state index in [9.17, 15) is 4.79 Å². The van der Waals surface area contributed by atoms with Gasteiger partial charge in [-0.05, 0) is 49.8 Å². The molecule has 6 heteroatoms. The fourth-order valence-corrected chi connectivity index (χ4v) is 5.33. The van der Waals surface area contributed by atoms with E-state index in [4.69, 9.17) is 17.3 Å². The Labute approximate surface area is 150 Å². The maximum atomic E-state index is 13.3. The van der Waals surface area contributed by atoms with Crippen LogP contribution in [0.15, 0.2) is 24.3 Å². The minimum Gasteiger partial charge on any atom is -0.330 e. The molecule has 1 aromatic heterocycles. The molecule has 0 unspecified atom stereocenters. The summed E-state index contributed by atoms with van der Waals surface area (Å²) in [7, 11) is 0. The Hall–Kier alpha value is -1.43. The highest BCUT2D eigenvalue weighted by Gasteiger charge is 2.48. The van der Waals surface area contributed by atoms with Crippen molar-refractivity contribution < 1.29 is 4.79 Å². The molecule has 2 aromatic rings. The number of hydrogen-bond acceptors (Lipinski definition) is 4. The molecule has 4 nitrogen and oxygen atoms in total. The summed E-state index contributed by atoms with van der Waals surface area (Å²) in [6.07, 6.45) is 3.36. The van der Waals surface area contributed by atoms with Crippen molar-refractivity contribution in [2.45, 2.75) is 38.3 Å². The van der Waals surface area contributed by atoms with Crippen LogP contribution in [0.1, 0.15) is 34.8 Å². The van der Waals surface area contributed by atoms with Crippen LogP contribution in [0.5, 0.6) is 0 Å². The molecule has 2 heterocycles. The van der Waals surface area contributed by atoms with Crippen molar-refractivity contribution in [3.8, 4) is 10.4 Å². The second-order valence-corrected chi connectivity index (χ2v) is 8.30. The number of nitrogens with two attached hydrogens (primary N) is 1. The number of aromatic nitrogens is 1. The number of piperidine rings is 1. The molecule has 3 atom stereocenters. The number of rotatable bonds is 3. The Balaban J connectivity index is 1.73. The lowest BCUT2D eigenvalue weighted by molar-refractivity contribution is 0.0597. The van der Waals surface area contributed by atoms with Gasteiger partial charge in [-0.25, -0.2) is 4.98 Å². The Morgan fingerprint density at radius 2 is 2.29 bits per heavy atom. The van der Waals surface area contributed by atoms with Crippen LogP contribution in [0.2, 0.25) is 5.02 Å². The molecule has 4 rings (SSSR count). The van der Waals surface area contributed by atoms with Crippen molar-refractivity contribution in [2.24, 2.45) is 11.7 Å². The molecule has 1 saturated heterocycles. The van der Waals surface area contributed by atoms with Gasteiger partial charge < -0.3 is 10.6 Å². The number of fused-ring (bicyclic) bond motifs is 2. The second-order valence-electron chi connectivity index (χ2n) is 6.66. The minimum atomic E-state index is 0.0250. The average Bonchev–Trinajstić information content (AvgIpc) is 3.27. The van der Waals surface area contributed by atoms with Gasteiger partial charge in [0.2, 0.25) is 0 Å². The molecule has 1 amide bonds. The minimum absolute atomic E-state index is 0.0250. The highest BCUT2D eigenvalue weighted by Crippen LogP contribution is 2.43. The van der Waals surface area contributed by atoms with Crippen molar-refractivity contribution in [3.63, 3.8) is 0 Å². The highest BCUT2D eigenvalue weighted by atomic mass is 35.5. The SMILES string of the molecule is Cc1nc(C(=O)N2[C@@H]3CC[C@@H](C3)[C@H]2CN)c(-c2cccc(Cl)c2)s1. The number of halogens is 1. The van der Waals surface area contributed by atoms with Crippen molar-refractivity contribution in [1.82, 2.24) is 9.88 Å². The van der Waals surface area contributed by atoms with E-state index in [1.807, 2.05) is 36.1 Å². The Kier molecular flexibility index (Phi) is 4.11. The molecule has 1 aliphatic heterocycles. The lowest BCUT2D eigenvalue weighted by Crippen LogP contribution is -2.48. The van der Waals surface area contributed by atoms with Gasteiger partial charge in [0.15, 0.2) is 0 Å². The van der Waals surface area contributed by atoms with Crippen molar-refractivity contribution in [1.29, 1.82) is 0 Å². The van der Waals surface area contributed by atoms with Crippen LogP contribution >= 0.6 is 22.9 Å². The number of likely N-dealkylation sites (tertiary alicyclic amines) is 1. The quantitative estimate of drug-likeness (QED) is 0.906. The molecule has 24 heavy (non-hydrogen) atoms. The third-order valence-corrected chi connectivity index (χ3v) is 6.49. The summed E-state index contributed by atoms with van der Waals surface area (Å²) < 4.78 is 0. The monoisotopic (exact) mass is 361 g/mol. The summed E-state index contributed by atoms with van der Waals surface area (Å²) in [5.41, 5.74) is 7.47. The Morgan fingerprint density at radius 3 is 3.04 bits per heavy atom. The lowest BCUT2D eigenvalue weighted by Gasteiger charge is -2.34. The third kappa shape index (κ3) is 2.55. The standard InChI is InChI=1S/C18H20ClN3OS/c1-10-21-16(17(24-10)12-3-2-4-13(19)7-12)18(23)22-14-6-5-11(8-14)15(22)9-20/h2-4,7,11,14-15H,5-6,8-9,20H2,1H3/t11-,14+,15+/m0/s1. The van der Waals surface area contributed by atoms with E-state index in [-0.39, 0.29) is 11.9 Å². The molecule has 2 fully saturated rings. The molecule has 126 valence electrons. The van der Waals surface area contributed by atoms with Gasteiger partial charge in [-0.3, -0.25) is 4.79 Å². The zero-order valence-corrected chi connectivity index (χ0v) is 15.1. The molecule has 2 aliphatic rings. The van der Waals surface area contributed by atoms with Gasteiger partial charge in [0.25, 0.3) is 5.91 Å². The van der Waals surface area contributed by atoms with Crippen LogP contribution in [-0.4, -0.2) is 34.4 Å². The number of hydrogen-bond donors (Lipinski definition) is 1. The van der Waals surface area contributed by atoms with Gasteiger partial charge in [-0.2, -0.15) is 0 Å². The Bertz CT molecular complexity index is 790. The van der Waals surface area contributed by atoms with E-state index in [0.717, 1.165) is 28.3 Å². The summed E-state index contributed by atoms with van der Waals surface area (Å²) in [5, 5.41) is 1.55. The number of benzene rings is 1. The van der Waals surface area contributed by atoms with Gasteiger partial charge in [0.1, 0.15) is 5.69 Å². The first-order valence-corrected chi connectivity index (χ1v) is 9.54. The largest absolute Gasteiger partial charge is 0.330 e. The topological polar surface area (TPSA) is 59.2 Å². The van der Waals surface area contributed by atoms with Gasteiger partial charge in [0.05, 0.1) is 9.88 Å². The number of carbonyl (C=O) groups is 1. The van der Waals surface area contributed by atoms with Gasteiger partial charge >= 0.3 is 0 Å². The first kappa shape index (κ1) is 16.1. The normalized spacial score (nSPS) is 25.5. The average molecular weight is 362 g/mol. The Morgan fingerprint density at radius 1 is 1.46 bits per heavy atom. The first-order chi connectivity index (χ1) is 11.6. The number of carbonyl (C=O) groups excluding carboxylic acids is 1. The van der Waals surface area contributed by atoms with E-state index in [2.05, 4.69) is 4.98 Å². The lowest BCUT2D eigenvalue weighted by atomic mass is 9.98. The third-order valence-electron chi connectivity index (χ3n) is 5.24. The predicted molar refractivity (Wildman–Crippen MR) is 97.4 cm³/mol. The molecule has 1 aromatic carbocycles. The summed E-state index contributed by atoms with van der Waals surface area (Å²) >= 11 is 7.67. The van der Waals surface area contributed by atoms with Crippen molar-refractivity contribution in [3.05, 3.63) is 40.0 Å². The molecule has 2 N–H and O–H groups in total. The smallest absolute Gasteiger partial charge is 0.274 e.